The van der Waals surface area contributed by atoms with Gasteiger partial charge in [-0.15, -0.1) is 0 Å². The summed E-state index contributed by atoms with van der Waals surface area (Å²) >= 11 is 0. The number of aromatic nitrogens is 1. The average molecular weight is 252 g/mol. The summed E-state index contributed by atoms with van der Waals surface area (Å²) in [5.74, 6) is -1.78. The van der Waals surface area contributed by atoms with Crippen molar-refractivity contribution in [2.24, 2.45) is 0 Å². The van der Waals surface area contributed by atoms with Crippen molar-refractivity contribution in [3.63, 3.8) is 0 Å². The molecule has 0 aliphatic heterocycles. The highest BCUT2D eigenvalue weighted by atomic mass is 16.4. The number of carboxylic acids is 1. The van der Waals surface area contributed by atoms with Crippen molar-refractivity contribution in [2.45, 2.75) is 33.7 Å². The van der Waals surface area contributed by atoms with Gasteiger partial charge in [0.05, 0.1) is 0 Å². The van der Waals surface area contributed by atoms with Gasteiger partial charge in [0.2, 0.25) is 0 Å². The number of aromatic amines is 1. The molecule has 0 aromatic carbocycles. The lowest BCUT2D eigenvalue weighted by Gasteiger charge is -2.08. The Morgan fingerprint density at radius 3 is 2.22 bits per heavy atom. The Kier molecular flexibility index (Phi) is 3.90. The van der Waals surface area contributed by atoms with Crippen LogP contribution in [-0.4, -0.2) is 33.8 Å². The molecule has 1 atom stereocenters. The minimum absolute atomic E-state index is 0.133. The number of H-pyrrole nitrogens is 1. The predicted molar refractivity (Wildman–Crippen MR) is 64.8 cm³/mol. The van der Waals surface area contributed by atoms with Crippen molar-refractivity contribution < 1.29 is 19.5 Å². The molecule has 0 aliphatic carbocycles. The van der Waals surface area contributed by atoms with Crippen molar-refractivity contribution in [1.29, 1.82) is 0 Å². The zero-order valence-electron chi connectivity index (χ0n) is 10.7. The zero-order valence-corrected chi connectivity index (χ0v) is 10.7. The van der Waals surface area contributed by atoms with Gasteiger partial charge in [-0.2, -0.15) is 0 Å². The summed E-state index contributed by atoms with van der Waals surface area (Å²) in [4.78, 5) is 36.7. The maximum Gasteiger partial charge on any atom is 0.325 e. The molecule has 1 rings (SSSR count). The van der Waals surface area contributed by atoms with Crippen molar-refractivity contribution >= 4 is 17.7 Å². The molecule has 6 nitrogen and oxygen atoms in total. The SMILES string of the molecule is CC(=O)c1c(C)[nH]c(C(=O)N[C@@H](C)C(=O)O)c1C. The molecular weight excluding hydrogens is 236 g/mol. The number of nitrogens with one attached hydrogen (secondary N) is 2. The zero-order chi connectivity index (χ0) is 14.0. The Morgan fingerprint density at radius 1 is 1.28 bits per heavy atom. The van der Waals surface area contributed by atoms with E-state index in [1.54, 1.807) is 13.8 Å². The largest absolute Gasteiger partial charge is 0.480 e. The lowest BCUT2D eigenvalue weighted by Crippen LogP contribution is -2.38. The average Bonchev–Trinajstić information content (AvgIpc) is 2.53. The highest BCUT2D eigenvalue weighted by Crippen LogP contribution is 2.18. The second-order valence-electron chi connectivity index (χ2n) is 4.21. The molecule has 0 fully saturated rings. The number of aliphatic carboxylic acids is 1. The molecular formula is C12H16N2O4. The van der Waals surface area contributed by atoms with Crippen LogP contribution in [0.4, 0.5) is 0 Å². The summed E-state index contributed by atoms with van der Waals surface area (Å²) in [5, 5.41) is 11.1. The summed E-state index contributed by atoms with van der Waals surface area (Å²) in [5.41, 5.74) is 1.84. The van der Waals surface area contributed by atoms with E-state index in [-0.39, 0.29) is 11.5 Å². The number of ketones is 1. The van der Waals surface area contributed by atoms with Crippen molar-refractivity contribution in [1.82, 2.24) is 10.3 Å². The summed E-state index contributed by atoms with van der Waals surface area (Å²) in [7, 11) is 0. The Bertz CT molecular complexity index is 516. The fourth-order valence-electron chi connectivity index (χ4n) is 1.84. The first kappa shape index (κ1) is 14.0. The van der Waals surface area contributed by atoms with Crippen LogP contribution in [0, 0.1) is 13.8 Å². The third kappa shape index (κ3) is 2.58. The number of aryl methyl sites for hydroxylation is 1. The van der Waals surface area contributed by atoms with E-state index >= 15 is 0 Å². The first-order valence-corrected chi connectivity index (χ1v) is 5.49. The maximum atomic E-state index is 11.9. The summed E-state index contributed by atoms with van der Waals surface area (Å²) in [6.07, 6.45) is 0. The van der Waals surface area contributed by atoms with Crippen LogP contribution < -0.4 is 5.32 Å². The number of hydrogen-bond acceptors (Lipinski definition) is 3. The fourth-order valence-corrected chi connectivity index (χ4v) is 1.84. The van der Waals surface area contributed by atoms with Gasteiger partial charge in [-0.25, -0.2) is 0 Å². The molecule has 98 valence electrons. The molecule has 6 heteroatoms. The molecule has 18 heavy (non-hydrogen) atoms. The Hall–Kier alpha value is -2.11. The van der Waals surface area contributed by atoms with Gasteiger partial charge in [0, 0.05) is 11.3 Å². The van der Waals surface area contributed by atoms with Crippen LogP contribution in [-0.2, 0) is 4.79 Å². The summed E-state index contributed by atoms with van der Waals surface area (Å²) in [6.45, 7) is 6.14. The minimum atomic E-state index is -1.11. The monoisotopic (exact) mass is 252 g/mol. The van der Waals surface area contributed by atoms with Gasteiger partial charge >= 0.3 is 5.97 Å². The number of hydrogen-bond donors (Lipinski definition) is 3. The van der Waals surface area contributed by atoms with Crippen LogP contribution in [0.3, 0.4) is 0 Å². The summed E-state index contributed by atoms with van der Waals surface area (Å²) in [6, 6.07) is -0.985. The quantitative estimate of drug-likeness (QED) is 0.697. The number of Topliss-reactive ketones (excluding diaryl/α,β-unsaturated/α-hetero) is 1. The molecule has 0 spiro atoms. The van der Waals surface area contributed by atoms with E-state index in [0.717, 1.165) is 0 Å². The molecule has 0 saturated carbocycles. The Labute approximate surface area is 104 Å². The lowest BCUT2D eigenvalue weighted by molar-refractivity contribution is -0.138. The minimum Gasteiger partial charge on any atom is -0.480 e. The van der Waals surface area contributed by atoms with Crippen molar-refractivity contribution in [3.8, 4) is 0 Å². The molecule has 0 unspecified atom stereocenters. The van der Waals surface area contributed by atoms with Crippen molar-refractivity contribution in [3.05, 3.63) is 22.5 Å². The standard InChI is InChI=1S/C12H16N2O4/c1-5-9(8(4)15)6(2)13-10(5)11(16)14-7(3)12(17)18/h7,13H,1-4H3,(H,14,16)(H,17,18)/t7-/m0/s1. The fraction of sp³-hybridized carbons (Fsp3) is 0.417. The first-order valence-electron chi connectivity index (χ1n) is 5.49. The number of rotatable bonds is 4. The smallest absolute Gasteiger partial charge is 0.325 e. The molecule has 1 amide bonds. The van der Waals surface area contributed by atoms with E-state index in [2.05, 4.69) is 10.3 Å². The van der Waals surface area contributed by atoms with Crippen LogP contribution in [0.2, 0.25) is 0 Å². The van der Waals surface area contributed by atoms with Gasteiger partial charge in [0.1, 0.15) is 11.7 Å². The number of carbonyl (C=O) groups is 3. The molecule has 0 radical (unpaired) electrons. The van der Waals surface area contributed by atoms with Gasteiger partial charge in [0.15, 0.2) is 5.78 Å². The van der Waals surface area contributed by atoms with Gasteiger partial charge in [-0.3, -0.25) is 14.4 Å². The van der Waals surface area contributed by atoms with E-state index in [1.807, 2.05) is 0 Å². The molecule has 0 bridgehead atoms. The van der Waals surface area contributed by atoms with E-state index in [1.165, 1.54) is 13.8 Å². The van der Waals surface area contributed by atoms with Crippen LogP contribution in [0.15, 0.2) is 0 Å². The van der Waals surface area contributed by atoms with Crippen LogP contribution in [0.1, 0.15) is 46.0 Å². The van der Waals surface area contributed by atoms with E-state index in [9.17, 15) is 14.4 Å². The normalized spacial score (nSPS) is 12.0. The lowest BCUT2D eigenvalue weighted by atomic mass is 10.1. The second kappa shape index (κ2) is 5.03. The first-order chi connectivity index (χ1) is 8.25. The van der Waals surface area contributed by atoms with Crippen molar-refractivity contribution in [2.75, 3.05) is 0 Å². The third-order valence-corrected chi connectivity index (χ3v) is 2.73. The maximum absolute atomic E-state index is 11.9. The topological polar surface area (TPSA) is 99.3 Å². The highest BCUT2D eigenvalue weighted by molar-refractivity contribution is 6.03. The summed E-state index contributed by atoms with van der Waals surface area (Å²) < 4.78 is 0. The van der Waals surface area contributed by atoms with Gasteiger partial charge in [-0.1, -0.05) is 0 Å². The Morgan fingerprint density at radius 2 is 1.83 bits per heavy atom. The number of amides is 1. The number of carbonyl (C=O) groups excluding carboxylic acids is 2. The van der Waals surface area contributed by atoms with Crippen LogP contribution in [0.25, 0.3) is 0 Å². The molecule has 1 aromatic rings. The second-order valence-corrected chi connectivity index (χ2v) is 4.21. The molecule has 0 aliphatic rings. The number of carboxylic acid groups (broad SMARTS) is 1. The van der Waals surface area contributed by atoms with Crippen LogP contribution in [0.5, 0.6) is 0 Å². The van der Waals surface area contributed by atoms with Gasteiger partial charge in [-0.05, 0) is 33.3 Å². The van der Waals surface area contributed by atoms with E-state index < -0.39 is 17.9 Å². The molecule has 1 aromatic heterocycles. The molecule has 3 N–H and O–H groups in total. The Balaban J connectivity index is 3.05. The molecule has 0 saturated heterocycles. The van der Waals surface area contributed by atoms with E-state index in [0.29, 0.717) is 16.8 Å². The predicted octanol–water partition coefficient (Wildman–Crippen LogP) is 1.04. The van der Waals surface area contributed by atoms with Crippen LogP contribution >= 0.6 is 0 Å². The van der Waals surface area contributed by atoms with E-state index in [4.69, 9.17) is 5.11 Å². The van der Waals surface area contributed by atoms with Gasteiger partial charge in [0.25, 0.3) is 5.91 Å². The van der Waals surface area contributed by atoms with Gasteiger partial charge < -0.3 is 15.4 Å². The molecule has 1 heterocycles. The highest BCUT2D eigenvalue weighted by Gasteiger charge is 2.22. The third-order valence-electron chi connectivity index (χ3n) is 2.73.